The third kappa shape index (κ3) is 9.32. The number of hydrogen-bond acceptors (Lipinski definition) is 12. The topological polar surface area (TPSA) is 176 Å². The zero-order valence-electron chi connectivity index (χ0n) is 36.8. The second-order valence-corrected chi connectivity index (χ2v) is 21.6. The lowest BCUT2D eigenvalue weighted by molar-refractivity contribution is -0.384. The Morgan fingerprint density at radius 1 is 1.02 bits per heavy atom. The number of amides is 1. The highest BCUT2D eigenvalue weighted by molar-refractivity contribution is 7.99. The van der Waals surface area contributed by atoms with Crippen LogP contribution in [-0.4, -0.2) is 82.8 Å². The molecule has 5 aromatic rings. The minimum atomic E-state index is -4.59. The first kappa shape index (κ1) is 44.0. The monoisotopic (exact) mass is 906 g/mol. The maximum absolute atomic E-state index is 14.0. The minimum Gasteiger partial charge on any atom is -0.455 e. The van der Waals surface area contributed by atoms with Gasteiger partial charge in [0.2, 0.25) is 5.82 Å². The molecule has 338 valence electrons. The van der Waals surface area contributed by atoms with Crippen LogP contribution in [0.5, 0.6) is 11.5 Å². The molecule has 2 saturated heterocycles. The molecule has 5 heterocycles. The van der Waals surface area contributed by atoms with E-state index >= 15 is 0 Å². The van der Waals surface area contributed by atoms with Crippen molar-refractivity contribution in [1.29, 1.82) is 0 Å². The molecule has 1 atom stereocenters. The van der Waals surface area contributed by atoms with Crippen molar-refractivity contribution in [2.24, 2.45) is 17.3 Å². The number of carbonyl (C=O) groups excluding carboxylic acids is 1. The molecule has 9 rings (SSSR count). The predicted octanol–water partition coefficient (Wildman–Crippen LogP) is 9.68. The van der Waals surface area contributed by atoms with Crippen molar-refractivity contribution in [3.63, 3.8) is 0 Å². The van der Waals surface area contributed by atoms with Crippen LogP contribution >= 0.6 is 11.8 Å². The summed E-state index contributed by atoms with van der Waals surface area (Å²) in [7, 11) is -4.59. The molecule has 2 aliphatic carbocycles. The number of rotatable bonds is 13. The number of nitrogens with one attached hydrogen (secondary N) is 3. The number of fused-ring (bicyclic) bond motifs is 1. The fourth-order valence-electron chi connectivity index (χ4n) is 10.4. The van der Waals surface area contributed by atoms with Gasteiger partial charge in [-0.05, 0) is 97.1 Å². The Labute approximate surface area is 379 Å². The molecule has 0 radical (unpaired) electrons. The van der Waals surface area contributed by atoms with Crippen LogP contribution in [-0.2, 0) is 10.0 Å². The van der Waals surface area contributed by atoms with Crippen molar-refractivity contribution < 1.29 is 22.9 Å². The molecule has 0 bridgehead atoms. The summed E-state index contributed by atoms with van der Waals surface area (Å²) in [5.74, 6) is 3.36. The predicted molar refractivity (Wildman–Crippen MR) is 252 cm³/mol. The van der Waals surface area contributed by atoms with Gasteiger partial charge < -0.3 is 19.9 Å². The Bertz CT molecular complexity index is 2610. The Hall–Kier alpha value is -5.19. The smallest absolute Gasteiger partial charge is 0.312 e. The van der Waals surface area contributed by atoms with Crippen LogP contribution in [0.4, 0.5) is 17.2 Å². The van der Waals surface area contributed by atoms with E-state index in [4.69, 9.17) is 4.74 Å². The summed E-state index contributed by atoms with van der Waals surface area (Å²) < 4.78 is 35.9. The molecule has 3 N–H and O–H groups in total. The van der Waals surface area contributed by atoms with Crippen molar-refractivity contribution in [2.45, 2.75) is 95.0 Å². The first-order valence-corrected chi connectivity index (χ1v) is 25.4. The number of pyridine rings is 2. The molecule has 0 unspecified atom stereocenters. The van der Waals surface area contributed by atoms with Gasteiger partial charge in [-0.1, -0.05) is 57.9 Å². The average Bonchev–Trinajstić information content (AvgIpc) is 3.76. The van der Waals surface area contributed by atoms with Gasteiger partial charge in [0.1, 0.15) is 22.0 Å². The van der Waals surface area contributed by atoms with Gasteiger partial charge >= 0.3 is 5.69 Å². The number of anilines is 2. The lowest BCUT2D eigenvalue weighted by Crippen LogP contribution is -2.57. The first-order chi connectivity index (χ1) is 30.8. The lowest BCUT2D eigenvalue weighted by atomic mass is 9.59. The number of hydrogen-bond donors (Lipinski definition) is 3. The summed E-state index contributed by atoms with van der Waals surface area (Å²) >= 11 is 2.07. The molecule has 4 fully saturated rings. The standard InChI is InChI=1S/C48H58N8O6S2/c1-31(2)39-6-4-5-7-40(39)43-30-63-21-20-55(43)36-25-48(26-36)15-18-54(19-16-48)35-12-13-41(44(23-35)62-37-22-34-14-17-49-45(34)51-28-37)47(57)53-64(60,61)38-24-42(56(58)59)46(52-29-38)50-27-33-10-8-32(3)9-11-33/h4-7,12-14,17,22-24,28-29,31-33,36,43H,8-11,15-16,18-21,25-27,30H2,1-3H3,(H,49,51)(H,50,52)(H,53,57)/t32-,33+,43-/m0/s1. The summed E-state index contributed by atoms with van der Waals surface area (Å²) in [5, 5.41) is 16.0. The molecular formula is C48H58N8O6S2. The van der Waals surface area contributed by atoms with E-state index in [0.717, 1.165) is 87.2 Å². The second kappa shape index (κ2) is 18.4. The van der Waals surface area contributed by atoms with Gasteiger partial charge in [-0.3, -0.25) is 19.8 Å². The maximum Gasteiger partial charge on any atom is 0.312 e. The molecule has 4 aliphatic rings. The molecule has 14 nitrogen and oxygen atoms in total. The Kier molecular flexibility index (Phi) is 12.6. The number of piperidine rings is 1. The Balaban J connectivity index is 0.901. The molecule has 2 saturated carbocycles. The molecule has 1 amide bonds. The van der Waals surface area contributed by atoms with Gasteiger partial charge in [0.25, 0.3) is 15.9 Å². The fraction of sp³-hybridized carbons (Fsp3) is 0.479. The van der Waals surface area contributed by atoms with Gasteiger partial charge in [-0.2, -0.15) is 11.8 Å². The van der Waals surface area contributed by atoms with E-state index in [1.54, 1.807) is 30.6 Å². The zero-order chi connectivity index (χ0) is 44.6. The molecule has 16 heteroatoms. The third-order valence-corrected chi connectivity index (χ3v) is 16.5. The van der Waals surface area contributed by atoms with E-state index in [1.165, 1.54) is 29.7 Å². The number of H-pyrrole nitrogens is 1. The largest absolute Gasteiger partial charge is 0.455 e. The number of sulfonamides is 1. The third-order valence-electron chi connectivity index (χ3n) is 14.2. The van der Waals surface area contributed by atoms with E-state index < -0.39 is 31.4 Å². The van der Waals surface area contributed by atoms with Crippen LogP contribution in [0.1, 0.15) is 106 Å². The summed E-state index contributed by atoms with van der Waals surface area (Å²) in [4.78, 5) is 41.7. The highest BCUT2D eigenvalue weighted by atomic mass is 32.2. The fourth-order valence-corrected chi connectivity index (χ4v) is 12.5. The van der Waals surface area contributed by atoms with Gasteiger partial charge in [0, 0.05) is 79.2 Å². The van der Waals surface area contributed by atoms with Crippen molar-refractivity contribution in [2.75, 3.05) is 47.9 Å². The van der Waals surface area contributed by atoms with Crippen molar-refractivity contribution in [1.82, 2.24) is 24.6 Å². The summed E-state index contributed by atoms with van der Waals surface area (Å²) in [6, 6.07) is 19.8. The highest BCUT2D eigenvalue weighted by Gasteiger charge is 2.49. The van der Waals surface area contributed by atoms with Crippen LogP contribution in [0.25, 0.3) is 11.0 Å². The second-order valence-electron chi connectivity index (χ2n) is 18.8. The summed E-state index contributed by atoms with van der Waals surface area (Å²) in [6.45, 7) is 10.1. The van der Waals surface area contributed by atoms with Crippen molar-refractivity contribution in [3.05, 3.63) is 106 Å². The van der Waals surface area contributed by atoms with E-state index in [1.807, 2.05) is 12.1 Å². The number of aromatic nitrogens is 3. The maximum atomic E-state index is 14.0. The number of aromatic amines is 1. The minimum absolute atomic E-state index is 0.00739. The Morgan fingerprint density at radius 3 is 2.56 bits per heavy atom. The number of ether oxygens (including phenoxy) is 1. The van der Waals surface area contributed by atoms with Crippen LogP contribution < -0.4 is 19.7 Å². The molecule has 2 aliphatic heterocycles. The first-order valence-electron chi connectivity index (χ1n) is 22.7. The highest BCUT2D eigenvalue weighted by Crippen LogP contribution is 2.54. The van der Waals surface area contributed by atoms with Crippen molar-refractivity contribution >= 4 is 55.9 Å². The number of thioether (sulfide) groups is 1. The average molecular weight is 907 g/mol. The molecule has 3 aromatic heterocycles. The zero-order valence-corrected chi connectivity index (χ0v) is 38.4. The quantitative estimate of drug-likeness (QED) is 0.0755. The van der Waals surface area contributed by atoms with Crippen molar-refractivity contribution in [3.8, 4) is 11.5 Å². The van der Waals surface area contributed by atoms with Gasteiger partial charge in [0.15, 0.2) is 0 Å². The summed E-state index contributed by atoms with van der Waals surface area (Å²) in [5.41, 5.74) is 4.27. The van der Waals surface area contributed by atoms with Crippen LogP contribution in [0, 0.1) is 27.4 Å². The molecular weight excluding hydrogens is 849 g/mol. The van der Waals surface area contributed by atoms with E-state index in [2.05, 4.69) is 91.6 Å². The van der Waals surface area contributed by atoms with Gasteiger partial charge in [-0.15, -0.1) is 0 Å². The van der Waals surface area contributed by atoms with E-state index in [9.17, 15) is 23.3 Å². The van der Waals surface area contributed by atoms with Gasteiger partial charge in [-0.25, -0.2) is 23.1 Å². The molecule has 1 spiro atoms. The normalized spacial score (nSPS) is 21.8. The number of nitro groups is 1. The van der Waals surface area contributed by atoms with E-state index in [0.29, 0.717) is 53.2 Å². The van der Waals surface area contributed by atoms with Crippen LogP contribution in [0.2, 0.25) is 0 Å². The van der Waals surface area contributed by atoms with Crippen LogP contribution in [0.15, 0.2) is 84.1 Å². The molecule has 64 heavy (non-hydrogen) atoms. The number of carbonyl (C=O) groups is 1. The Morgan fingerprint density at radius 2 is 1.80 bits per heavy atom. The number of nitrogens with zero attached hydrogens (tertiary/aromatic N) is 5. The summed E-state index contributed by atoms with van der Waals surface area (Å²) in [6.07, 6.45) is 13.1. The number of benzene rings is 2. The van der Waals surface area contributed by atoms with Crippen LogP contribution in [0.3, 0.4) is 0 Å². The van der Waals surface area contributed by atoms with Gasteiger partial charge in [0.05, 0.1) is 22.9 Å². The SMILES string of the molecule is CC(C)c1ccccc1[C@@H]1CSCCN1C1CC2(CCN(c3ccc(C(=O)NS(=O)(=O)c4cnc(NC[C@H]5CC[C@@H](C)CC5)c([N+](=O)[O-])c4)c(Oc4cnc5[nH]ccc5c4)c3)CC2)C1. The van der Waals surface area contributed by atoms with E-state index in [-0.39, 0.29) is 17.1 Å². The lowest BCUT2D eigenvalue weighted by Gasteiger charge is -2.57. The molecule has 2 aromatic carbocycles.